The van der Waals surface area contributed by atoms with Crippen molar-refractivity contribution in [3.05, 3.63) is 63.7 Å². The number of benzene rings is 1. The molecule has 28 heavy (non-hydrogen) atoms. The Morgan fingerprint density at radius 2 is 1.93 bits per heavy atom. The molecule has 0 unspecified atom stereocenters. The number of sulfonamides is 1. The summed E-state index contributed by atoms with van der Waals surface area (Å²) in [5, 5.41) is 8.57. The van der Waals surface area contributed by atoms with Crippen LogP contribution in [0.3, 0.4) is 0 Å². The van der Waals surface area contributed by atoms with Crippen molar-refractivity contribution >= 4 is 21.4 Å². The maximum absolute atomic E-state index is 12.7. The molecule has 0 atom stereocenters. The second kappa shape index (κ2) is 7.65. The van der Waals surface area contributed by atoms with Crippen LogP contribution >= 0.6 is 11.3 Å². The molecule has 0 aliphatic carbocycles. The van der Waals surface area contributed by atoms with Gasteiger partial charge in [-0.2, -0.15) is 9.40 Å². The highest BCUT2D eigenvalue weighted by Gasteiger charge is 2.30. The van der Waals surface area contributed by atoms with Gasteiger partial charge < -0.3 is 0 Å². The molecule has 0 radical (unpaired) electrons. The number of nitrogens with zero attached hydrogens (tertiary/aromatic N) is 3. The Morgan fingerprint density at radius 3 is 2.61 bits per heavy atom. The number of aromatic nitrogens is 3. The fraction of sp³-hybridized carbons (Fsp3) is 0.368. The molecule has 1 fully saturated rings. The summed E-state index contributed by atoms with van der Waals surface area (Å²) in [6.45, 7) is 2.94. The molecular weight excluding hydrogens is 396 g/mol. The van der Waals surface area contributed by atoms with E-state index in [-0.39, 0.29) is 11.6 Å². The second-order valence-corrected chi connectivity index (χ2v) is 10.2. The molecule has 0 spiro atoms. The number of para-hydroxylation sites is 1. The van der Waals surface area contributed by atoms with Crippen LogP contribution in [0.2, 0.25) is 0 Å². The fourth-order valence-corrected chi connectivity index (χ4v) is 6.29. The Kier molecular flexibility index (Phi) is 5.22. The topological polar surface area (TPSA) is 88.1 Å². The van der Waals surface area contributed by atoms with Crippen LogP contribution in [0.15, 0.2) is 50.8 Å². The average Bonchev–Trinajstić information content (AvgIpc) is 3.34. The van der Waals surface area contributed by atoms with Crippen molar-refractivity contribution in [3.63, 3.8) is 0 Å². The molecule has 1 aliphatic rings. The predicted molar refractivity (Wildman–Crippen MR) is 108 cm³/mol. The SMILES string of the molecule is Cc1ccccc1-n1c(CC2CCN(S(=O)(=O)c3cccs3)CC2)n[nH]c1=O. The zero-order chi connectivity index (χ0) is 19.7. The van der Waals surface area contributed by atoms with Crippen molar-refractivity contribution in [2.75, 3.05) is 13.1 Å². The van der Waals surface area contributed by atoms with Gasteiger partial charge in [0.2, 0.25) is 0 Å². The quantitative estimate of drug-likeness (QED) is 0.690. The van der Waals surface area contributed by atoms with E-state index in [1.807, 2.05) is 31.2 Å². The number of nitrogens with one attached hydrogen (secondary N) is 1. The summed E-state index contributed by atoms with van der Waals surface area (Å²) in [6, 6.07) is 11.1. The maximum atomic E-state index is 12.7. The van der Waals surface area contributed by atoms with Gasteiger partial charge in [-0.15, -0.1) is 11.3 Å². The Balaban J connectivity index is 1.48. The Labute approximate surface area is 167 Å². The zero-order valence-electron chi connectivity index (χ0n) is 15.5. The molecule has 148 valence electrons. The van der Waals surface area contributed by atoms with Crippen LogP contribution in [0.5, 0.6) is 0 Å². The molecule has 3 aromatic rings. The smallest absolute Gasteiger partial charge is 0.247 e. The molecule has 0 amide bonds. The summed E-state index contributed by atoms with van der Waals surface area (Å²) in [7, 11) is -3.39. The summed E-state index contributed by atoms with van der Waals surface area (Å²) in [6.07, 6.45) is 2.14. The first-order valence-corrected chi connectivity index (χ1v) is 11.5. The summed E-state index contributed by atoms with van der Waals surface area (Å²) in [5.41, 5.74) is 1.58. The Morgan fingerprint density at radius 1 is 1.18 bits per heavy atom. The van der Waals surface area contributed by atoms with Crippen LogP contribution in [0, 0.1) is 12.8 Å². The van der Waals surface area contributed by atoms with E-state index in [9.17, 15) is 13.2 Å². The number of aromatic amines is 1. The van der Waals surface area contributed by atoms with Gasteiger partial charge in [-0.05, 0) is 48.8 Å². The first-order valence-electron chi connectivity index (χ1n) is 9.23. The van der Waals surface area contributed by atoms with Crippen molar-refractivity contribution < 1.29 is 8.42 Å². The molecule has 7 nitrogen and oxygen atoms in total. The van der Waals surface area contributed by atoms with Gasteiger partial charge in [-0.25, -0.2) is 22.9 Å². The molecule has 0 saturated carbocycles. The fourth-order valence-electron chi connectivity index (χ4n) is 3.68. The summed E-state index contributed by atoms with van der Waals surface area (Å²) >= 11 is 1.25. The molecule has 1 N–H and O–H groups in total. The average molecular weight is 419 g/mol. The van der Waals surface area contributed by atoms with E-state index in [2.05, 4.69) is 10.2 Å². The lowest BCUT2D eigenvalue weighted by molar-refractivity contribution is 0.270. The summed E-state index contributed by atoms with van der Waals surface area (Å²) < 4.78 is 28.9. The van der Waals surface area contributed by atoms with Crippen LogP contribution in [-0.4, -0.2) is 40.6 Å². The highest BCUT2D eigenvalue weighted by molar-refractivity contribution is 7.91. The minimum atomic E-state index is -3.39. The van der Waals surface area contributed by atoms with Crippen molar-refractivity contribution in [1.82, 2.24) is 19.1 Å². The normalized spacial score (nSPS) is 16.5. The molecule has 2 aromatic heterocycles. The van der Waals surface area contributed by atoms with Crippen LogP contribution in [0.4, 0.5) is 0 Å². The van der Waals surface area contributed by atoms with E-state index in [1.165, 1.54) is 11.3 Å². The lowest BCUT2D eigenvalue weighted by atomic mass is 9.94. The Bertz CT molecular complexity index is 1110. The highest BCUT2D eigenvalue weighted by Crippen LogP contribution is 2.28. The van der Waals surface area contributed by atoms with Gasteiger partial charge in [0.1, 0.15) is 10.0 Å². The van der Waals surface area contributed by atoms with Crippen LogP contribution in [0.1, 0.15) is 24.2 Å². The Hall–Kier alpha value is -2.23. The number of thiophene rings is 1. The molecule has 1 aromatic carbocycles. The number of hydrogen-bond donors (Lipinski definition) is 1. The highest BCUT2D eigenvalue weighted by atomic mass is 32.2. The second-order valence-electron chi connectivity index (χ2n) is 7.05. The zero-order valence-corrected chi connectivity index (χ0v) is 17.2. The summed E-state index contributed by atoms with van der Waals surface area (Å²) in [4.78, 5) is 12.3. The molecule has 9 heteroatoms. The van der Waals surface area contributed by atoms with Gasteiger partial charge in [0, 0.05) is 19.5 Å². The van der Waals surface area contributed by atoms with E-state index in [4.69, 9.17) is 0 Å². The van der Waals surface area contributed by atoms with Crippen molar-refractivity contribution in [2.24, 2.45) is 5.92 Å². The minimum Gasteiger partial charge on any atom is -0.247 e. The lowest BCUT2D eigenvalue weighted by Crippen LogP contribution is -2.38. The summed E-state index contributed by atoms with van der Waals surface area (Å²) in [5.74, 6) is 0.978. The van der Waals surface area contributed by atoms with Crippen LogP contribution in [0.25, 0.3) is 5.69 Å². The van der Waals surface area contributed by atoms with Gasteiger partial charge in [-0.1, -0.05) is 24.3 Å². The third kappa shape index (κ3) is 3.57. The van der Waals surface area contributed by atoms with Crippen LogP contribution < -0.4 is 5.69 Å². The van der Waals surface area contributed by atoms with E-state index in [0.29, 0.717) is 29.5 Å². The van der Waals surface area contributed by atoms with Crippen LogP contribution in [-0.2, 0) is 16.4 Å². The largest absolute Gasteiger partial charge is 0.347 e. The van der Waals surface area contributed by atoms with Crippen molar-refractivity contribution in [1.29, 1.82) is 0 Å². The molecule has 3 heterocycles. The molecule has 1 saturated heterocycles. The van der Waals surface area contributed by atoms with Gasteiger partial charge in [0.25, 0.3) is 10.0 Å². The number of H-pyrrole nitrogens is 1. The number of aryl methyl sites for hydroxylation is 1. The molecular formula is C19H22N4O3S2. The number of rotatable bonds is 5. The van der Waals surface area contributed by atoms with Gasteiger partial charge in [-0.3, -0.25) is 0 Å². The third-order valence-electron chi connectivity index (χ3n) is 5.23. The number of hydrogen-bond acceptors (Lipinski definition) is 5. The standard InChI is InChI=1S/C19H22N4O3S2/c1-14-5-2-3-6-16(14)23-17(20-21-19(23)24)13-15-8-10-22(11-9-15)28(25,26)18-7-4-12-27-18/h2-7,12,15H,8-11,13H2,1H3,(H,21,24). The van der Waals surface area contributed by atoms with Crippen molar-refractivity contribution in [3.8, 4) is 5.69 Å². The molecule has 1 aliphatic heterocycles. The van der Waals surface area contributed by atoms with E-state index in [0.717, 1.165) is 24.1 Å². The molecule has 0 bridgehead atoms. The first-order chi connectivity index (χ1) is 13.5. The lowest BCUT2D eigenvalue weighted by Gasteiger charge is -2.30. The van der Waals surface area contributed by atoms with E-state index < -0.39 is 10.0 Å². The maximum Gasteiger partial charge on any atom is 0.347 e. The third-order valence-corrected chi connectivity index (χ3v) is 8.50. The van der Waals surface area contributed by atoms with Gasteiger partial charge in [0.15, 0.2) is 0 Å². The van der Waals surface area contributed by atoms with E-state index in [1.54, 1.807) is 26.4 Å². The van der Waals surface area contributed by atoms with E-state index >= 15 is 0 Å². The first kappa shape index (κ1) is 19.1. The molecule has 4 rings (SSSR count). The monoisotopic (exact) mass is 418 g/mol. The predicted octanol–water partition coefficient (Wildman–Crippen LogP) is 2.57. The van der Waals surface area contributed by atoms with Gasteiger partial charge >= 0.3 is 5.69 Å². The van der Waals surface area contributed by atoms with Crippen molar-refractivity contribution in [2.45, 2.75) is 30.4 Å². The number of piperidine rings is 1. The van der Waals surface area contributed by atoms with Gasteiger partial charge in [0.05, 0.1) is 5.69 Å². The minimum absolute atomic E-state index is 0.248.